The van der Waals surface area contributed by atoms with Gasteiger partial charge in [-0.25, -0.2) is 0 Å². The Morgan fingerprint density at radius 2 is 2.31 bits per heavy atom. The van der Waals surface area contributed by atoms with Gasteiger partial charge in [-0.2, -0.15) is 5.26 Å². The summed E-state index contributed by atoms with van der Waals surface area (Å²) in [5.41, 5.74) is -0.720. The third-order valence-electron chi connectivity index (χ3n) is 3.30. The lowest BCUT2D eigenvalue weighted by Gasteiger charge is -2.28. The van der Waals surface area contributed by atoms with Crippen LogP contribution >= 0.6 is 0 Å². The van der Waals surface area contributed by atoms with Crippen LogP contribution in [0.3, 0.4) is 0 Å². The second-order valence-electron chi connectivity index (χ2n) is 4.36. The van der Waals surface area contributed by atoms with E-state index in [2.05, 4.69) is 16.3 Å². The van der Waals surface area contributed by atoms with E-state index < -0.39 is 5.41 Å². The molecule has 1 fully saturated rings. The summed E-state index contributed by atoms with van der Waals surface area (Å²) in [6, 6.07) is 2.13. The standard InChI is InChI=1S/C10H11N5O/c11-6-10(1-2-10)9(16)14-3-4-15-7-12-13-8(15)5-14/h7H,1-5H2. The molecular weight excluding hydrogens is 206 g/mol. The zero-order valence-corrected chi connectivity index (χ0v) is 8.76. The van der Waals surface area contributed by atoms with Gasteiger partial charge >= 0.3 is 0 Å². The lowest BCUT2D eigenvalue weighted by Crippen LogP contribution is -2.42. The fraction of sp³-hybridized carbons (Fsp3) is 0.600. The van der Waals surface area contributed by atoms with E-state index in [9.17, 15) is 4.79 Å². The third-order valence-corrected chi connectivity index (χ3v) is 3.30. The number of aromatic nitrogens is 3. The van der Waals surface area contributed by atoms with Crippen molar-refractivity contribution in [1.82, 2.24) is 19.7 Å². The van der Waals surface area contributed by atoms with E-state index in [0.29, 0.717) is 25.9 Å². The van der Waals surface area contributed by atoms with E-state index in [1.807, 2.05) is 4.57 Å². The van der Waals surface area contributed by atoms with Crippen LogP contribution in [0.4, 0.5) is 0 Å². The zero-order chi connectivity index (χ0) is 11.2. The molecule has 2 aliphatic rings. The fourth-order valence-electron chi connectivity index (χ4n) is 2.04. The highest BCUT2D eigenvalue weighted by atomic mass is 16.2. The molecule has 1 amide bonds. The minimum atomic E-state index is -0.720. The van der Waals surface area contributed by atoms with Crippen molar-refractivity contribution in [3.8, 4) is 6.07 Å². The quantitative estimate of drug-likeness (QED) is 0.659. The van der Waals surface area contributed by atoms with Gasteiger partial charge in [0.1, 0.15) is 11.7 Å². The Kier molecular flexibility index (Phi) is 1.78. The summed E-state index contributed by atoms with van der Waals surface area (Å²) < 4.78 is 1.94. The summed E-state index contributed by atoms with van der Waals surface area (Å²) in [6.07, 6.45) is 3.07. The van der Waals surface area contributed by atoms with Gasteiger partial charge < -0.3 is 9.47 Å². The van der Waals surface area contributed by atoms with Crippen LogP contribution in [0.15, 0.2) is 6.33 Å². The highest BCUT2D eigenvalue weighted by molar-refractivity contribution is 5.88. The molecule has 1 aromatic heterocycles. The molecule has 2 heterocycles. The number of carbonyl (C=O) groups is 1. The van der Waals surface area contributed by atoms with Gasteiger partial charge in [-0.15, -0.1) is 10.2 Å². The van der Waals surface area contributed by atoms with Crippen molar-refractivity contribution >= 4 is 5.91 Å². The molecule has 0 bridgehead atoms. The van der Waals surface area contributed by atoms with Crippen molar-refractivity contribution < 1.29 is 4.79 Å². The van der Waals surface area contributed by atoms with Crippen molar-refractivity contribution in [3.63, 3.8) is 0 Å². The Bertz CT molecular complexity index is 482. The number of nitrogens with zero attached hydrogens (tertiary/aromatic N) is 5. The first-order valence-corrected chi connectivity index (χ1v) is 5.32. The van der Waals surface area contributed by atoms with Crippen LogP contribution in [-0.2, 0) is 17.9 Å². The summed E-state index contributed by atoms with van der Waals surface area (Å²) >= 11 is 0. The molecule has 0 spiro atoms. The highest BCUT2D eigenvalue weighted by Gasteiger charge is 2.52. The Morgan fingerprint density at radius 1 is 1.50 bits per heavy atom. The molecule has 0 unspecified atom stereocenters. The lowest BCUT2D eigenvalue weighted by molar-refractivity contribution is -0.136. The molecule has 0 N–H and O–H groups in total. The second kappa shape index (κ2) is 3.04. The van der Waals surface area contributed by atoms with E-state index in [4.69, 9.17) is 5.26 Å². The molecule has 0 saturated heterocycles. The fourth-order valence-corrected chi connectivity index (χ4v) is 2.04. The van der Waals surface area contributed by atoms with E-state index in [1.165, 1.54) is 0 Å². The molecule has 0 atom stereocenters. The van der Waals surface area contributed by atoms with Gasteiger partial charge in [0.25, 0.3) is 0 Å². The average Bonchev–Trinajstić information content (AvgIpc) is 2.98. The number of hydrogen-bond acceptors (Lipinski definition) is 4. The maximum absolute atomic E-state index is 12.1. The summed E-state index contributed by atoms with van der Waals surface area (Å²) in [5, 5.41) is 16.7. The Balaban J connectivity index is 1.80. The number of amides is 1. The van der Waals surface area contributed by atoms with Crippen LogP contribution in [-0.4, -0.2) is 32.1 Å². The molecule has 6 heteroatoms. The van der Waals surface area contributed by atoms with Crippen LogP contribution in [0.1, 0.15) is 18.7 Å². The highest BCUT2D eigenvalue weighted by Crippen LogP contribution is 2.46. The van der Waals surface area contributed by atoms with E-state index in [-0.39, 0.29) is 5.91 Å². The Morgan fingerprint density at radius 3 is 3.00 bits per heavy atom. The smallest absolute Gasteiger partial charge is 0.243 e. The lowest BCUT2D eigenvalue weighted by atomic mass is 10.1. The second-order valence-corrected chi connectivity index (χ2v) is 4.36. The van der Waals surface area contributed by atoms with Crippen molar-refractivity contribution in [1.29, 1.82) is 5.26 Å². The summed E-state index contributed by atoms with van der Waals surface area (Å²) in [5.74, 6) is 0.762. The minimum absolute atomic E-state index is 0.0377. The molecule has 1 saturated carbocycles. The first-order chi connectivity index (χ1) is 7.75. The zero-order valence-electron chi connectivity index (χ0n) is 8.76. The summed E-state index contributed by atoms with van der Waals surface area (Å²) in [6.45, 7) is 1.84. The van der Waals surface area contributed by atoms with Gasteiger partial charge in [0.2, 0.25) is 5.91 Å². The Hall–Kier alpha value is -1.90. The van der Waals surface area contributed by atoms with Crippen LogP contribution in [0, 0.1) is 16.7 Å². The Labute approximate surface area is 92.5 Å². The molecule has 0 aromatic carbocycles. The molecule has 6 nitrogen and oxygen atoms in total. The molecule has 1 aliphatic heterocycles. The molecule has 3 rings (SSSR count). The first-order valence-electron chi connectivity index (χ1n) is 5.32. The number of rotatable bonds is 1. The van der Waals surface area contributed by atoms with Crippen molar-refractivity contribution in [2.75, 3.05) is 6.54 Å². The maximum Gasteiger partial charge on any atom is 0.243 e. The van der Waals surface area contributed by atoms with Crippen molar-refractivity contribution in [3.05, 3.63) is 12.2 Å². The van der Waals surface area contributed by atoms with Gasteiger partial charge in [-0.05, 0) is 12.8 Å². The molecule has 16 heavy (non-hydrogen) atoms. The van der Waals surface area contributed by atoms with Crippen LogP contribution < -0.4 is 0 Å². The molecule has 1 aromatic rings. The number of carbonyl (C=O) groups excluding carboxylic acids is 1. The van der Waals surface area contributed by atoms with E-state index in [0.717, 1.165) is 12.4 Å². The molecular formula is C10H11N5O. The summed E-state index contributed by atoms with van der Waals surface area (Å²) in [4.78, 5) is 13.8. The molecule has 0 radical (unpaired) electrons. The average molecular weight is 217 g/mol. The SMILES string of the molecule is N#CC1(C(=O)N2CCn3cnnc3C2)CC1. The normalized spacial score (nSPS) is 21.1. The first kappa shape index (κ1) is 9.33. The van der Waals surface area contributed by atoms with Crippen molar-refractivity contribution in [2.24, 2.45) is 5.41 Å². The number of nitriles is 1. The van der Waals surface area contributed by atoms with Crippen LogP contribution in [0.5, 0.6) is 0 Å². The number of fused-ring (bicyclic) bond motifs is 1. The topological polar surface area (TPSA) is 74.8 Å². The van der Waals surface area contributed by atoms with Gasteiger partial charge in [0.15, 0.2) is 5.82 Å². The largest absolute Gasteiger partial charge is 0.332 e. The van der Waals surface area contributed by atoms with E-state index >= 15 is 0 Å². The predicted molar refractivity (Wildman–Crippen MR) is 52.7 cm³/mol. The monoisotopic (exact) mass is 217 g/mol. The van der Waals surface area contributed by atoms with Gasteiger partial charge in [-0.3, -0.25) is 4.79 Å². The summed E-state index contributed by atoms with van der Waals surface area (Å²) in [7, 11) is 0. The van der Waals surface area contributed by atoms with E-state index in [1.54, 1.807) is 11.2 Å². The van der Waals surface area contributed by atoms with Gasteiger partial charge in [0, 0.05) is 13.1 Å². The molecule has 1 aliphatic carbocycles. The minimum Gasteiger partial charge on any atom is -0.332 e. The maximum atomic E-state index is 12.1. The van der Waals surface area contributed by atoms with Crippen molar-refractivity contribution in [2.45, 2.75) is 25.9 Å². The predicted octanol–water partition coefficient (Wildman–Crippen LogP) is -0.0759. The molecule has 82 valence electrons. The van der Waals surface area contributed by atoms with Gasteiger partial charge in [-0.1, -0.05) is 0 Å². The van der Waals surface area contributed by atoms with Gasteiger partial charge in [0.05, 0.1) is 12.6 Å². The van der Waals surface area contributed by atoms with Crippen LogP contribution in [0.2, 0.25) is 0 Å². The number of hydrogen-bond donors (Lipinski definition) is 0. The van der Waals surface area contributed by atoms with Crippen LogP contribution in [0.25, 0.3) is 0 Å². The third kappa shape index (κ3) is 1.21.